The maximum absolute atomic E-state index is 6.22. The van der Waals surface area contributed by atoms with E-state index in [0.29, 0.717) is 5.02 Å². The van der Waals surface area contributed by atoms with Crippen LogP contribution in [0.4, 0.5) is 17.1 Å². The number of benzene rings is 5. The van der Waals surface area contributed by atoms with Crippen LogP contribution in [0.3, 0.4) is 0 Å². The monoisotopic (exact) mass is 445 g/mol. The minimum absolute atomic E-state index is 0.713. The maximum atomic E-state index is 6.22. The average Bonchev–Trinajstić information content (AvgIpc) is 3.26. The molecule has 0 radical (unpaired) electrons. The van der Waals surface area contributed by atoms with Gasteiger partial charge in [-0.25, -0.2) is 0 Å². The molecular weight excluding hydrogens is 426 g/mol. The van der Waals surface area contributed by atoms with Crippen molar-refractivity contribution in [3.05, 3.63) is 126 Å². The second-order valence-electron chi connectivity index (χ2n) is 7.97. The van der Waals surface area contributed by atoms with E-state index in [1.807, 2.05) is 42.5 Å². The Bertz CT molecular complexity index is 1550. The van der Waals surface area contributed by atoms with Crippen molar-refractivity contribution >= 4 is 50.6 Å². The van der Waals surface area contributed by atoms with Gasteiger partial charge in [-0.1, -0.05) is 78.3 Å². The number of anilines is 3. The van der Waals surface area contributed by atoms with Crippen LogP contribution in [0.2, 0.25) is 5.02 Å². The standard InChI is InChI=1S/C30H20ClNO/c31-23-15-19-25(20-16-23)32(24-17-13-22(14-18-24)21-7-2-1-3-8-21)27-10-6-12-29-30(27)26-9-4-5-11-28(26)33-29/h1-20H. The smallest absolute Gasteiger partial charge is 0.137 e. The molecule has 5 aromatic carbocycles. The van der Waals surface area contributed by atoms with Crippen molar-refractivity contribution in [3.8, 4) is 11.1 Å². The fraction of sp³-hybridized carbons (Fsp3) is 0. The number of hydrogen-bond acceptors (Lipinski definition) is 2. The van der Waals surface area contributed by atoms with Crippen LogP contribution in [0, 0.1) is 0 Å². The Morgan fingerprint density at radius 2 is 1.12 bits per heavy atom. The van der Waals surface area contributed by atoms with E-state index in [0.717, 1.165) is 39.0 Å². The van der Waals surface area contributed by atoms with Gasteiger partial charge < -0.3 is 9.32 Å². The fourth-order valence-electron chi connectivity index (χ4n) is 4.39. The van der Waals surface area contributed by atoms with Crippen molar-refractivity contribution in [2.24, 2.45) is 0 Å². The van der Waals surface area contributed by atoms with Crippen LogP contribution in [0.5, 0.6) is 0 Å². The van der Waals surface area contributed by atoms with Crippen LogP contribution in [-0.2, 0) is 0 Å². The molecule has 33 heavy (non-hydrogen) atoms. The lowest BCUT2D eigenvalue weighted by Gasteiger charge is -2.26. The van der Waals surface area contributed by atoms with Crippen LogP contribution in [0.15, 0.2) is 126 Å². The highest BCUT2D eigenvalue weighted by molar-refractivity contribution is 6.30. The third-order valence-corrected chi connectivity index (χ3v) is 6.19. The van der Waals surface area contributed by atoms with Gasteiger partial charge >= 0.3 is 0 Å². The number of hydrogen-bond donors (Lipinski definition) is 0. The summed E-state index contributed by atoms with van der Waals surface area (Å²) in [6.45, 7) is 0. The van der Waals surface area contributed by atoms with E-state index in [9.17, 15) is 0 Å². The molecular formula is C30H20ClNO. The van der Waals surface area contributed by atoms with Crippen LogP contribution in [0.25, 0.3) is 33.1 Å². The molecule has 0 spiro atoms. The molecule has 6 aromatic rings. The van der Waals surface area contributed by atoms with Crippen LogP contribution < -0.4 is 4.90 Å². The number of fused-ring (bicyclic) bond motifs is 3. The number of para-hydroxylation sites is 1. The van der Waals surface area contributed by atoms with Gasteiger partial charge in [0.15, 0.2) is 0 Å². The molecule has 0 unspecified atom stereocenters. The first kappa shape index (κ1) is 19.7. The molecule has 1 heterocycles. The van der Waals surface area contributed by atoms with E-state index < -0.39 is 0 Å². The molecule has 3 heteroatoms. The minimum atomic E-state index is 0.713. The molecule has 2 nitrogen and oxygen atoms in total. The number of furan rings is 1. The molecule has 0 aliphatic rings. The van der Waals surface area contributed by atoms with Crippen LogP contribution >= 0.6 is 11.6 Å². The quantitative estimate of drug-likeness (QED) is 0.268. The largest absolute Gasteiger partial charge is 0.456 e. The number of nitrogens with zero attached hydrogens (tertiary/aromatic N) is 1. The summed E-state index contributed by atoms with van der Waals surface area (Å²) in [6.07, 6.45) is 0. The molecule has 0 saturated carbocycles. The van der Waals surface area contributed by atoms with Crippen molar-refractivity contribution in [1.29, 1.82) is 0 Å². The summed E-state index contributed by atoms with van der Waals surface area (Å²) in [6, 6.07) is 41.4. The van der Waals surface area contributed by atoms with E-state index in [2.05, 4.69) is 83.8 Å². The zero-order valence-corrected chi connectivity index (χ0v) is 18.5. The van der Waals surface area contributed by atoms with E-state index >= 15 is 0 Å². The zero-order valence-electron chi connectivity index (χ0n) is 17.8. The molecule has 0 aliphatic carbocycles. The Hall–Kier alpha value is -4.01. The molecule has 0 atom stereocenters. The van der Waals surface area contributed by atoms with Gasteiger partial charge in [0.25, 0.3) is 0 Å². The van der Waals surface area contributed by atoms with Crippen LogP contribution in [-0.4, -0.2) is 0 Å². The van der Waals surface area contributed by atoms with Gasteiger partial charge in [-0.3, -0.25) is 0 Å². The predicted octanol–water partition coefficient (Wildman–Crippen LogP) is 9.38. The topological polar surface area (TPSA) is 16.4 Å². The van der Waals surface area contributed by atoms with Gasteiger partial charge in [0, 0.05) is 21.8 Å². The second kappa shape index (κ2) is 8.16. The first-order valence-corrected chi connectivity index (χ1v) is 11.3. The Morgan fingerprint density at radius 1 is 0.515 bits per heavy atom. The molecule has 158 valence electrons. The van der Waals surface area contributed by atoms with Crippen molar-refractivity contribution in [1.82, 2.24) is 0 Å². The van der Waals surface area contributed by atoms with Gasteiger partial charge in [-0.05, 0) is 65.7 Å². The fourth-order valence-corrected chi connectivity index (χ4v) is 4.52. The summed E-state index contributed by atoms with van der Waals surface area (Å²) in [5, 5.41) is 2.91. The highest BCUT2D eigenvalue weighted by atomic mass is 35.5. The Morgan fingerprint density at radius 3 is 1.88 bits per heavy atom. The lowest BCUT2D eigenvalue weighted by Crippen LogP contribution is -2.10. The molecule has 0 amide bonds. The van der Waals surface area contributed by atoms with E-state index in [1.165, 1.54) is 11.1 Å². The number of halogens is 1. The minimum Gasteiger partial charge on any atom is -0.456 e. The molecule has 0 aliphatic heterocycles. The Labute approximate surface area is 197 Å². The third kappa shape index (κ3) is 3.55. The maximum Gasteiger partial charge on any atom is 0.137 e. The molecule has 6 rings (SSSR count). The van der Waals surface area contributed by atoms with Crippen molar-refractivity contribution in [2.75, 3.05) is 4.90 Å². The van der Waals surface area contributed by atoms with E-state index in [-0.39, 0.29) is 0 Å². The lowest BCUT2D eigenvalue weighted by molar-refractivity contribution is 0.669. The van der Waals surface area contributed by atoms with E-state index in [4.69, 9.17) is 16.0 Å². The zero-order chi connectivity index (χ0) is 22.2. The Balaban J connectivity index is 1.56. The second-order valence-corrected chi connectivity index (χ2v) is 8.41. The lowest BCUT2D eigenvalue weighted by atomic mass is 10.0. The molecule has 0 bridgehead atoms. The average molecular weight is 446 g/mol. The molecule has 0 fully saturated rings. The summed E-state index contributed by atoms with van der Waals surface area (Å²) in [5.74, 6) is 0. The summed E-state index contributed by atoms with van der Waals surface area (Å²) < 4.78 is 6.16. The summed E-state index contributed by atoms with van der Waals surface area (Å²) >= 11 is 6.22. The summed E-state index contributed by atoms with van der Waals surface area (Å²) in [5.41, 5.74) is 7.29. The third-order valence-electron chi connectivity index (χ3n) is 5.94. The Kier molecular flexibility index (Phi) is 4.86. The molecule has 0 saturated heterocycles. The van der Waals surface area contributed by atoms with Gasteiger partial charge in [0.2, 0.25) is 0 Å². The van der Waals surface area contributed by atoms with Crippen molar-refractivity contribution in [2.45, 2.75) is 0 Å². The summed E-state index contributed by atoms with van der Waals surface area (Å²) in [7, 11) is 0. The normalized spacial score (nSPS) is 11.2. The molecule has 0 N–H and O–H groups in total. The summed E-state index contributed by atoms with van der Waals surface area (Å²) in [4.78, 5) is 2.26. The van der Waals surface area contributed by atoms with Gasteiger partial charge in [0.1, 0.15) is 11.2 Å². The van der Waals surface area contributed by atoms with E-state index in [1.54, 1.807) is 0 Å². The predicted molar refractivity (Wildman–Crippen MR) is 139 cm³/mol. The first-order valence-electron chi connectivity index (χ1n) is 10.9. The highest BCUT2D eigenvalue weighted by Crippen LogP contribution is 2.43. The van der Waals surface area contributed by atoms with Gasteiger partial charge in [-0.2, -0.15) is 0 Å². The van der Waals surface area contributed by atoms with Crippen molar-refractivity contribution < 1.29 is 4.42 Å². The van der Waals surface area contributed by atoms with Gasteiger partial charge in [-0.15, -0.1) is 0 Å². The van der Waals surface area contributed by atoms with Crippen LogP contribution in [0.1, 0.15) is 0 Å². The highest BCUT2D eigenvalue weighted by Gasteiger charge is 2.19. The SMILES string of the molecule is Clc1ccc(N(c2ccc(-c3ccccc3)cc2)c2cccc3oc4ccccc4c23)cc1. The van der Waals surface area contributed by atoms with Crippen molar-refractivity contribution in [3.63, 3.8) is 0 Å². The van der Waals surface area contributed by atoms with Gasteiger partial charge in [0.05, 0.1) is 11.1 Å². The number of rotatable bonds is 4. The molecule has 1 aromatic heterocycles. The first-order chi connectivity index (χ1) is 16.3.